The SMILES string of the molecule is CC.CC(C)c1ccccc1.c1ccc2c(c1)Nc1ccccc1O2. The molecule has 0 bridgehead atoms. The molecule has 0 saturated carbocycles. The summed E-state index contributed by atoms with van der Waals surface area (Å²) in [7, 11) is 0. The summed E-state index contributed by atoms with van der Waals surface area (Å²) >= 11 is 0. The average molecular weight is 333 g/mol. The molecular formula is C23H27NO. The molecule has 0 spiro atoms. The summed E-state index contributed by atoms with van der Waals surface area (Å²) in [6, 6.07) is 26.4. The summed E-state index contributed by atoms with van der Waals surface area (Å²) in [4.78, 5) is 0. The van der Waals surface area contributed by atoms with E-state index >= 15 is 0 Å². The van der Waals surface area contributed by atoms with Gasteiger partial charge in [0.15, 0.2) is 11.5 Å². The van der Waals surface area contributed by atoms with Gasteiger partial charge in [-0.3, -0.25) is 0 Å². The lowest BCUT2D eigenvalue weighted by Gasteiger charge is -2.20. The molecule has 0 unspecified atom stereocenters. The molecular weight excluding hydrogens is 306 g/mol. The Balaban J connectivity index is 0.000000179. The highest BCUT2D eigenvalue weighted by molar-refractivity contribution is 5.75. The van der Waals surface area contributed by atoms with Gasteiger partial charge in [0.05, 0.1) is 11.4 Å². The van der Waals surface area contributed by atoms with Crippen molar-refractivity contribution in [1.29, 1.82) is 0 Å². The minimum Gasteiger partial charge on any atom is -0.453 e. The Morgan fingerprint density at radius 2 is 1.08 bits per heavy atom. The van der Waals surface area contributed by atoms with Gasteiger partial charge in [-0.1, -0.05) is 82.3 Å². The van der Waals surface area contributed by atoms with Crippen molar-refractivity contribution in [2.75, 3.05) is 5.32 Å². The minimum atomic E-state index is 0.659. The highest BCUT2D eigenvalue weighted by Crippen LogP contribution is 2.40. The van der Waals surface area contributed by atoms with Gasteiger partial charge in [-0.05, 0) is 35.7 Å². The van der Waals surface area contributed by atoms with Crippen molar-refractivity contribution in [3.8, 4) is 11.5 Å². The largest absolute Gasteiger partial charge is 0.453 e. The summed E-state index contributed by atoms with van der Waals surface area (Å²) in [5, 5.41) is 3.32. The lowest BCUT2D eigenvalue weighted by atomic mass is 10.0. The fourth-order valence-corrected chi connectivity index (χ4v) is 2.42. The number of ether oxygens (including phenoxy) is 1. The van der Waals surface area contributed by atoms with Gasteiger partial charge in [0, 0.05) is 0 Å². The zero-order valence-electron chi connectivity index (χ0n) is 15.5. The van der Waals surface area contributed by atoms with Crippen LogP contribution in [-0.2, 0) is 0 Å². The van der Waals surface area contributed by atoms with E-state index in [0.717, 1.165) is 22.9 Å². The van der Waals surface area contributed by atoms with Gasteiger partial charge in [0.2, 0.25) is 0 Å². The predicted octanol–water partition coefficient (Wildman–Crippen LogP) is 7.37. The number of para-hydroxylation sites is 4. The van der Waals surface area contributed by atoms with Crippen LogP contribution in [-0.4, -0.2) is 0 Å². The fraction of sp³-hybridized carbons (Fsp3) is 0.217. The molecule has 1 heterocycles. The molecule has 25 heavy (non-hydrogen) atoms. The van der Waals surface area contributed by atoms with Crippen LogP contribution in [0.4, 0.5) is 11.4 Å². The van der Waals surface area contributed by atoms with Crippen molar-refractivity contribution in [2.45, 2.75) is 33.6 Å². The zero-order chi connectivity index (χ0) is 18.1. The van der Waals surface area contributed by atoms with Gasteiger partial charge in [0.1, 0.15) is 0 Å². The molecule has 0 saturated heterocycles. The summed E-state index contributed by atoms with van der Waals surface area (Å²) in [6.07, 6.45) is 0. The molecule has 0 aliphatic carbocycles. The van der Waals surface area contributed by atoms with Gasteiger partial charge in [-0.25, -0.2) is 0 Å². The number of rotatable bonds is 1. The second-order valence-corrected chi connectivity index (χ2v) is 5.78. The van der Waals surface area contributed by atoms with E-state index in [1.54, 1.807) is 0 Å². The molecule has 2 heteroatoms. The molecule has 0 amide bonds. The first-order valence-corrected chi connectivity index (χ1v) is 8.92. The van der Waals surface area contributed by atoms with Crippen LogP contribution in [0.3, 0.4) is 0 Å². The van der Waals surface area contributed by atoms with E-state index in [4.69, 9.17) is 4.74 Å². The molecule has 1 aliphatic heterocycles. The standard InChI is InChI=1S/C12H9NO.C9H12.C2H6/c1-3-7-11-9(5-1)13-10-6-2-4-8-12(10)14-11;1-8(2)9-6-4-3-5-7-9;1-2/h1-8,13H;3-8H,1-2H3;1-2H3. The van der Waals surface area contributed by atoms with E-state index in [-0.39, 0.29) is 0 Å². The molecule has 1 N–H and O–H groups in total. The van der Waals surface area contributed by atoms with Crippen molar-refractivity contribution in [2.24, 2.45) is 0 Å². The van der Waals surface area contributed by atoms with Gasteiger partial charge < -0.3 is 10.1 Å². The number of benzene rings is 3. The highest BCUT2D eigenvalue weighted by atomic mass is 16.5. The predicted molar refractivity (Wildman–Crippen MR) is 108 cm³/mol. The van der Waals surface area contributed by atoms with E-state index in [9.17, 15) is 0 Å². The molecule has 0 atom stereocenters. The molecule has 1 aliphatic rings. The summed E-state index contributed by atoms with van der Waals surface area (Å²) in [5.41, 5.74) is 3.45. The summed E-state index contributed by atoms with van der Waals surface area (Å²) < 4.78 is 5.71. The zero-order valence-corrected chi connectivity index (χ0v) is 15.5. The van der Waals surface area contributed by atoms with E-state index in [1.807, 2.05) is 68.4 Å². The highest BCUT2D eigenvalue weighted by Gasteiger charge is 2.13. The molecule has 2 nitrogen and oxygen atoms in total. The number of nitrogens with one attached hydrogen (secondary N) is 1. The maximum absolute atomic E-state index is 5.71. The van der Waals surface area contributed by atoms with E-state index in [1.165, 1.54) is 5.56 Å². The van der Waals surface area contributed by atoms with Crippen LogP contribution in [0.1, 0.15) is 39.2 Å². The molecule has 0 aromatic heterocycles. The Bertz CT molecular complexity index is 678. The quantitative estimate of drug-likeness (QED) is 0.392. The maximum Gasteiger partial charge on any atom is 0.150 e. The molecule has 3 aromatic rings. The Hall–Kier alpha value is -2.74. The van der Waals surface area contributed by atoms with Gasteiger partial charge in [0.25, 0.3) is 0 Å². The third-order valence-corrected chi connectivity index (χ3v) is 3.73. The summed E-state index contributed by atoms with van der Waals surface area (Å²) in [6.45, 7) is 8.41. The van der Waals surface area contributed by atoms with Gasteiger partial charge in [-0.15, -0.1) is 0 Å². The number of fused-ring (bicyclic) bond motifs is 2. The molecule has 0 fully saturated rings. The first-order valence-electron chi connectivity index (χ1n) is 8.92. The third kappa shape index (κ3) is 5.12. The lowest BCUT2D eigenvalue weighted by molar-refractivity contribution is 0.481. The summed E-state index contributed by atoms with van der Waals surface area (Å²) in [5.74, 6) is 2.42. The van der Waals surface area contributed by atoms with Crippen molar-refractivity contribution in [3.63, 3.8) is 0 Å². The van der Waals surface area contributed by atoms with Crippen LogP contribution < -0.4 is 10.1 Å². The monoisotopic (exact) mass is 333 g/mol. The minimum absolute atomic E-state index is 0.659. The van der Waals surface area contributed by atoms with Gasteiger partial charge >= 0.3 is 0 Å². The molecule has 0 radical (unpaired) electrons. The van der Waals surface area contributed by atoms with E-state index in [2.05, 4.69) is 43.4 Å². The first kappa shape index (κ1) is 18.6. The van der Waals surface area contributed by atoms with Crippen LogP contribution in [0.5, 0.6) is 11.5 Å². The van der Waals surface area contributed by atoms with Crippen LogP contribution in [0.15, 0.2) is 78.9 Å². The average Bonchev–Trinajstić information content (AvgIpc) is 2.69. The van der Waals surface area contributed by atoms with Gasteiger partial charge in [-0.2, -0.15) is 0 Å². The second-order valence-electron chi connectivity index (χ2n) is 5.78. The Kier molecular flexibility index (Phi) is 7.09. The first-order chi connectivity index (χ1) is 12.2. The molecule has 4 rings (SSSR count). The second kappa shape index (κ2) is 9.53. The topological polar surface area (TPSA) is 21.3 Å². The van der Waals surface area contributed by atoms with Crippen molar-refractivity contribution in [3.05, 3.63) is 84.4 Å². The number of hydrogen-bond donors (Lipinski definition) is 1. The van der Waals surface area contributed by atoms with Crippen molar-refractivity contribution >= 4 is 11.4 Å². The Morgan fingerprint density at radius 1 is 0.640 bits per heavy atom. The normalized spacial score (nSPS) is 10.6. The van der Waals surface area contributed by atoms with Crippen LogP contribution >= 0.6 is 0 Å². The Labute approximate surface area is 151 Å². The smallest absolute Gasteiger partial charge is 0.150 e. The molecule has 130 valence electrons. The fourth-order valence-electron chi connectivity index (χ4n) is 2.42. The van der Waals surface area contributed by atoms with Crippen molar-refractivity contribution in [1.82, 2.24) is 0 Å². The van der Waals surface area contributed by atoms with E-state index < -0.39 is 0 Å². The third-order valence-electron chi connectivity index (χ3n) is 3.73. The van der Waals surface area contributed by atoms with Crippen LogP contribution in [0, 0.1) is 0 Å². The maximum atomic E-state index is 5.71. The number of hydrogen-bond acceptors (Lipinski definition) is 2. The Morgan fingerprint density at radius 3 is 1.52 bits per heavy atom. The van der Waals surface area contributed by atoms with E-state index in [0.29, 0.717) is 5.92 Å². The van der Waals surface area contributed by atoms with Crippen LogP contribution in [0.2, 0.25) is 0 Å². The lowest BCUT2D eigenvalue weighted by Crippen LogP contribution is -2.01. The van der Waals surface area contributed by atoms with Crippen LogP contribution in [0.25, 0.3) is 0 Å². The van der Waals surface area contributed by atoms with Crippen molar-refractivity contribution < 1.29 is 4.74 Å². The number of anilines is 2. The molecule has 3 aromatic carbocycles.